The Bertz CT molecular complexity index is 596. The number of benzene rings is 2. The summed E-state index contributed by atoms with van der Waals surface area (Å²) in [6.07, 6.45) is 0.780. The van der Waals surface area contributed by atoms with E-state index >= 15 is 0 Å². The zero-order valence-electron chi connectivity index (χ0n) is 12.2. The Morgan fingerprint density at radius 2 is 1.76 bits per heavy atom. The highest BCUT2D eigenvalue weighted by molar-refractivity contribution is 9.10. The Labute approximate surface area is 133 Å². The molecule has 4 heteroatoms. The fourth-order valence-electron chi connectivity index (χ4n) is 2.49. The summed E-state index contributed by atoms with van der Waals surface area (Å²) in [4.78, 5) is 0. The van der Waals surface area contributed by atoms with Gasteiger partial charge in [0.25, 0.3) is 0 Å². The van der Waals surface area contributed by atoms with Gasteiger partial charge >= 0.3 is 0 Å². The van der Waals surface area contributed by atoms with Gasteiger partial charge < -0.3 is 0 Å². The van der Waals surface area contributed by atoms with Gasteiger partial charge in [0.05, 0.1) is 0 Å². The van der Waals surface area contributed by atoms with Crippen LogP contribution < -0.4 is 11.3 Å². The van der Waals surface area contributed by atoms with Gasteiger partial charge in [-0.05, 0) is 35.7 Å². The predicted octanol–water partition coefficient (Wildman–Crippen LogP) is 3.94. The second kappa shape index (κ2) is 6.69. The Hall–Kier alpha value is -1.23. The van der Waals surface area contributed by atoms with Crippen LogP contribution in [0.5, 0.6) is 0 Å². The number of hydrazine groups is 1. The van der Waals surface area contributed by atoms with Crippen molar-refractivity contribution in [1.29, 1.82) is 0 Å². The van der Waals surface area contributed by atoms with Crippen LogP contribution in [-0.4, -0.2) is 6.04 Å². The van der Waals surface area contributed by atoms with Crippen LogP contribution in [-0.2, 0) is 11.8 Å². The van der Waals surface area contributed by atoms with Crippen molar-refractivity contribution in [3.63, 3.8) is 0 Å². The van der Waals surface area contributed by atoms with E-state index in [-0.39, 0.29) is 17.3 Å². The van der Waals surface area contributed by atoms with Crippen LogP contribution in [0.2, 0.25) is 0 Å². The maximum absolute atomic E-state index is 13.1. The Morgan fingerprint density at radius 3 is 2.33 bits per heavy atom. The minimum absolute atomic E-state index is 0.0293. The molecule has 3 N–H and O–H groups in total. The number of hydrogen-bond donors (Lipinski definition) is 2. The van der Waals surface area contributed by atoms with Gasteiger partial charge in [0.2, 0.25) is 0 Å². The summed E-state index contributed by atoms with van der Waals surface area (Å²) in [6.45, 7) is 4.23. The highest BCUT2D eigenvalue weighted by Gasteiger charge is 2.31. The third-order valence-electron chi connectivity index (χ3n) is 4.04. The quantitative estimate of drug-likeness (QED) is 0.633. The first-order valence-electron chi connectivity index (χ1n) is 6.90. The van der Waals surface area contributed by atoms with E-state index in [1.54, 1.807) is 0 Å². The second-order valence-electron chi connectivity index (χ2n) is 5.74. The molecule has 0 aliphatic rings. The van der Waals surface area contributed by atoms with Crippen LogP contribution in [0.15, 0.2) is 53.0 Å². The maximum atomic E-state index is 13.1. The topological polar surface area (TPSA) is 38.0 Å². The fourth-order valence-corrected chi connectivity index (χ4v) is 2.93. The molecule has 112 valence electrons. The first kappa shape index (κ1) is 16.1. The highest BCUT2D eigenvalue weighted by atomic mass is 79.9. The van der Waals surface area contributed by atoms with E-state index in [9.17, 15) is 4.39 Å². The number of nitrogens with two attached hydrogens (primary N) is 1. The minimum atomic E-state index is -0.224. The normalized spacial score (nSPS) is 13.2. The Balaban J connectivity index is 2.27. The van der Waals surface area contributed by atoms with E-state index in [0.717, 1.165) is 16.5 Å². The van der Waals surface area contributed by atoms with Gasteiger partial charge in [0.15, 0.2) is 0 Å². The SMILES string of the molecule is CC(C)(c1ccc(F)cc1)C(Cc1ccccc1Br)NN. The standard InChI is InChI=1S/C17H20BrFN2/c1-17(2,13-7-9-14(19)10-8-13)16(21-20)11-12-5-3-4-6-15(12)18/h3-10,16,21H,11,20H2,1-2H3. The largest absolute Gasteiger partial charge is 0.271 e. The highest BCUT2D eigenvalue weighted by Crippen LogP contribution is 2.30. The molecule has 0 saturated heterocycles. The molecular weight excluding hydrogens is 331 g/mol. The summed E-state index contributed by atoms with van der Waals surface area (Å²) >= 11 is 3.57. The van der Waals surface area contributed by atoms with Crippen LogP contribution in [0.25, 0.3) is 0 Å². The molecule has 0 aromatic heterocycles. The minimum Gasteiger partial charge on any atom is -0.271 e. The molecule has 0 fully saturated rings. The molecule has 0 heterocycles. The van der Waals surface area contributed by atoms with E-state index < -0.39 is 0 Å². The van der Waals surface area contributed by atoms with Crippen molar-refractivity contribution in [1.82, 2.24) is 5.43 Å². The van der Waals surface area contributed by atoms with E-state index in [0.29, 0.717) is 0 Å². The van der Waals surface area contributed by atoms with Gasteiger partial charge in [-0.15, -0.1) is 0 Å². The third-order valence-corrected chi connectivity index (χ3v) is 4.82. The summed E-state index contributed by atoms with van der Waals surface area (Å²) in [6, 6.07) is 14.7. The molecule has 1 atom stereocenters. The molecule has 0 spiro atoms. The monoisotopic (exact) mass is 350 g/mol. The first-order chi connectivity index (χ1) is 9.95. The van der Waals surface area contributed by atoms with Crippen molar-refractivity contribution in [2.45, 2.75) is 31.7 Å². The predicted molar refractivity (Wildman–Crippen MR) is 88.4 cm³/mol. The molecule has 2 nitrogen and oxygen atoms in total. The fraction of sp³-hybridized carbons (Fsp3) is 0.294. The lowest BCUT2D eigenvalue weighted by atomic mass is 9.75. The summed E-state index contributed by atoms with van der Waals surface area (Å²) in [5.74, 6) is 5.56. The van der Waals surface area contributed by atoms with Crippen LogP contribution in [0.4, 0.5) is 4.39 Å². The van der Waals surface area contributed by atoms with Crippen molar-refractivity contribution in [2.24, 2.45) is 5.84 Å². The summed E-state index contributed by atoms with van der Waals surface area (Å²) in [7, 11) is 0. The van der Waals surface area contributed by atoms with Crippen LogP contribution in [0, 0.1) is 5.82 Å². The number of rotatable bonds is 5. The number of nitrogens with one attached hydrogen (secondary N) is 1. The molecule has 0 radical (unpaired) electrons. The first-order valence-corrected chi connectivity index (χ1v) is 7.70. The summed E-state index contributed by atoms with van der Waals surface area (Å²) in [5.41, 5.74) is 4.94. The third kappa shape index (κ3) is 3.70. The molecule has 2 aromatic carbocycles. The number of halogens is 2. The van der Waals surface area contributed by atoms with Gasteiger partial charge in [-0.25, -0.2) is 4.39 Å². The molecule has 0 aliphatic heterocycles. The molecule has 0 saturated carbocycles. The Morgan fingerprint density at radius 1 is 1.14 bits per heavy atom. The van der Waals surface area contributed by atoms with Gasteiger partial charge in [0.1, 0.15) is 5.82 Å². The van der Waals surface area contributed by atoms with Gasteiger partial charge in [0, 0.05) is 15.9 Å². The molecule has 1 unspecified atom stereocenters. The van der Waals surface area contributed by atoms with Crippen molar-refractivity contribution in [3.8, 4) is 0 Å². The zero-order chi connectivity index (χ0) is 15.5. The molecule has 2 rings (SSSR count). The molecule has 0 aliphatic carbocycles. The van der Waals surface area contributed by atoms with E-state index in [1.165, 1.54) is 17.7 Å². The van der Waals surface area contributed by atoms with E-state index in [1.807, 2.05) is 30.3 Å². The zero-order valence-corrected chi connectivity index (χ0v) is 13.8. The smallest absolute Gasteiger partial charge is 0.123 e. The van der Waals surface area contributed by atoms with Crippen LogP contribution in [0.3, 0.4) is 0 Å². The lowest BCUT2D eigenvalue weighted by Crippen LogP contribution is -2.49. The summed E-state index contributed by atoms with van der Waals surface area (Å²) in [5, 5.41) is 0. The van der Waals surface area contributed by atoms with Crippen LogP contribution in [0.1, 0.15) is 25.0 Å². The molecule has 21 heavy (non-hydrogen) atoms. The van der Waals surface area contributed by atoms with Crippen molar-refractivity contribution in [3.05, 3.63) is 69.9 Å². The van der Waals surface area contributed by atoms with Gasteiger partial charge in [-0.2, -0.15) is 0 Å². The Kier molecular flexibility index (Phi) is 5.14. The van der Waals surface area contributed by atoms with Crippen molar-refractivity contribution in [2.75, 3.05) is 0 Å². The summed E-state index contributed by atoms with van der Waals surface area (Å²) < 4.78 is 14.2. The van der Waals surface area contributed by atoms with Gasteiger partial charge in [-0.1, -0.05) is 60.1 Å². The molecule has 2 aromatic rings. The van der Waals surface area contributed by atoms with E-state index in [4.69, 9.17) is 5.84 Å². The van der Waals surface area contributed by atoms with Gasteiger partial charge in [-0.3, -0.25) is 11.3 Å². The lowest BCUT2D eigenvalue weighted by Gasteiger charge is -2.35. The van der Waals surface area contributed by atoms with Crippen molar-refractivity contribution >= 4 is 15.9 Å². The number of hydrogen-bond acceptors (Lipinski definition) is 2. The maximum Gasteiger partial charge on any atom is 0.123 e. The average molecular weight is 351 g/mol. The van der Waals surface area contributed by atoms with E-state index in [2.05, 4.69) is 41.3 Å². The molecule has 0 bridgehead atoms. The second-order valence-corrected chi connectivity index (χ2v) is 6.60. The van der Waals surface area contributed by atoms with Crippen molar-refractivity contribution < 1.29 is 4.39 Å². The molecular formula is C17H20BrFN2. The lowest BCUT2D eigenvalue weighted by molar-refractivity contribution is 0.341. The van der Waals surface area contributed by atoms with Crippen LogP contribution >= 0.6 is 15.9 Å². The molecule has 0 amide bonds. The average Bonchev–Trinajstić information content (AvgIpc) is 2.46.